The number of hydrogen-bond donors (Lipinski definition) is 0. The normalized spacial score (nSPS) is 22.5. The average Bonchev–Trinajstić information content (AvgIpc) is 2.85. The lowest BCUT2D eigenvalue weighted by Gasteiger charge is -2.47. The molecule has 0 aromatic heterocycles. The fraction of sp³-hybridized carbons (Fsp3) is 0.577. The van der Waals surface area contributed by atoms with Gasteiger partial charge in [0.2, 0.25) is 0 Å². The topological polar surface area (TPSA) is 45.1 Å². The number of hydrogen-bond acceptors (Lipinski definition) is 4. The first-order valence-electron chi connectivity index (χ1n) is 12.6. The minimum atomic E-state index is -4.93. The van der Waals surface area contributed by atoms with E-state index in [1.54, 1.807) is 25.0 Å². The summed E-state index contributed by atoms with van der Waals surface area (Å²) >= 11 is 2.57. The molecule has 1 aromatic carbocycles. The lowest BCUT2D eigenvalue weighted by Crippen LogP contribution is -2.57. The van der Waals surface area contributed by atoms with E-state index >= 15 is 0 Å². The number of piperidine rings is 1. The van der Waals surface area contributed by atoms with E-state index in [1.165, 1.54) is 0 Å². The number of ether oxygens (including phenoxy) is 1. The zero-order valence-electron chi connectivity index (χ0n) is 21.9. The van der Waals surface area contributed by atoms with Crippen LogP contribution in [-0.4, -0.2) is 50.1 Å². The molecule has 1 amide bonds. The van der Waals surface area contributed by atoms with Crippen molar-refractivity contribution in [3.63, 3.8) is 0 Å². The number of aliphatic imine (C=N–C) groups is 1. The summed E-state index contributed by atoms with van der Waals surface area (Å²) in [4.78, 5) is 21.1. The Labute approximate surface area is 242 Å². The summed E-state index contributed by atoms with van der Waals surface area (Å²) in [5, 5.41) is 0. The van der Waals surface area contributed by atoms with E-state index in [0.29, 0.717) is 29.4 Å². The highest BCUT2D eigenvalue weighted by Crippen LogP contribution is 2.38. The van der Waals surface area contributed by atoms with Crippen molar-refractivity contribution in [3.05, 3.63) is 43.5 Å². The van der Waals surface area contributed by atoms with Crippen LogP contribution in [0.15, 0.2) is 31.8 Å². The maximum absolute atomic E-state index is 13.6. The number of benzene rings is 1. The largest absolute Gasteiger partial charge is 0.447 e. The van der Waals surface area contributed by atoms with Crippen molar-refractivity contribution in [1.29, 1.82) is 0 Å². The van der Waals surface area contributed by atoms with Crippen LogP contribution in [0.25, 0.3) is 0 Å². The summed E-state index contributed by atoms with van der Waals surface area (Å²) < 4.78 is 90.2. The summed E-state index contributed by atoms with van der Waals surface area (Å²) in [6, 6.07) is 1.05. The van der Waals surface area contributed by atoms with Crippen LogP contribution in [0, 0.1) is 0 Å². The fourth-order valence-corrected chi connectivity index (χ4v) is 7.49. The standard InChI is InChI=1S/C26H31BrF6IN3O2/c1-5-20-10-22(11-21(6-2)37(20)24(38)39-15(3)4)36(23-34-12-19(27)13-35-23)14-16-7-17(25(28,29)30)9-18(8-16)26(31,32)33/h7-9,12-13,15,20-22H,5-6,10-11,14H2,1-4H3/t20-,21+,22?. The quantitative estimate of drug-likeness (QED) is 0.209. The predicted molar refractivity (Wildman–Crippen MR) is 151 cm³/mol. The Kier molecular flexibility index (Phi) is 10.7. The maximum atomic E-state index is 13.6. The Hall–Kier alpha value is -1.48. The first kappa shape index (κ1) is 32.0. The highest BCUT2D eigenvalue weighted by atomic mass is 127. The first-order chi connectivity index (χ1) is 18.1. The fourth-order valence-electron chi connectivity index (χ4n) is 4.85. The van der Waals surface area contributed by atoms with Gasteiger partial charge >= 0.3 is 18.4 Å². The molecular weight excluding hydrogens is 707 g/mol. The smallest absolute Gasteiger partial charge is 0.416 e. The second kappa shape index (κ2) is 13.0. The summed E-state index contributed by atoms with van der Waals surface area (Å²) in [7, 11) is 0. The molecule has 0 bridgehead atoms. The number of rotatable bonds is 7. The molecule has 13 heteroatoms. The van der Waals surface area contributed by atoms with Gasteiger partial charge in [0.15, 0.2) is 0 Å². The van der Waals surface area contributed by atoms with Gasteiger partial charge in [-0.05, 0) is 104 Å². The summed E-state index contributed by atoms with van der Waals surface area (Å²) in [6.07, 6.45) is -6.78. The number of amides is 1. The van der Waals surface area contributed by atoms with Gasteiger partial charge in [-0.25, -0.2) is 14.7 Å². The summed E-state index contributed by atoms with van der Waals surface area (Å²) in [5.41, 5.74) is -2.78. The van der Waals surface area contributed by atoms with Crippen LogP contribution in [0.1, 0.15) is 70.1 Å². The highest BCUT2D eigenvalue weighted by Gasteiger charge is 2.42. The SMILES string of the molecule is CC[C@@H]1CC(N(Cc2cc(C(F)(F)F)cc(C(F)(F)F)c2)C2=IC=C(Br)C=N2)C[C@H](CC)N1C(=O)OC(C)C. The number of carbonyl (C=O) groups is 1. The van der Waals surface area contributed by atoms with E-state index < -0.39 is 50.3 Å². The zero-order chi connectivity index (χ0) is 29.1. The van der Waals surface area contributed by atoms with Gasteiger partial charge in [0.05, 0.1) is 17.2 Å². The number of halogens is 8. The minimum Gasteiger partial charge on any atom is -0.447 e. The Morgan fingerprint density at radius 1 is 1.08 bits per heavy atom. The number of likely N-dealkylation sites (tertiary alicyclic amines) is 1. The molecular formula is C26H31BrF6IN3O2. The van der Waals surface area contributed by atoms with Crippen molar-refractivity contribution in [1.82, 2.24) is 9.80 Å². The monoisotopic (exact) mass is 737 g/mol. The first-order valence-corrected chi connectivity index (χ1v) is 15.7. The van der Waals surface area contributed by atoms with E-state index in [2.05, 4.69) is 20.9 Å². The molecule has 218 valence electrons. The number of carbonyl (C=O) groups excluding carboxylic acids is 1. The van der Waals surface area contributed by atoms with Gasteiger partial charge in [0.1, 0.15) is 3.76 Å². The molecule has 1 unspecified atom stereocenters. The van der Waals surface area contributed by atoms with Gasteiger partial charge in [-0.3, -0.25) is 0 Å². The molecule has 0 saturated carbocycles. The zero-order valence-corrected chi connectivity index (χ0v) is 25.7. The molecule has 2 heterocycles. The van der Waals surface area contributed by atoms with E-state index in [9.17, 15) is 31.1 Å². The molecule has 3 atom stereocenters. The van der Waals surface area contributed by atoms with E-state index in [1.807, 2.05) is 22.8 Å². The Balaban J connectivity index is 2.04. The van der Waals surface area contributed by atoms with Crippen LogP contribution in [0.4, 0.5) is 31.1 Å². The molecule has 0 N–H and O–H groups in total. The molecule has 0 spiro atoms. The third-order valence-electron chi connectivity index (χ3n) is 6.59. The predicted octanol–water partition coefficient (Wildman–Crippen LogP) is 8.47. The Morgan fingerprint density at radius 3 is 2.03 bits per heavy atom. The van der Waals surface area contributed by atoms with Gasteiger partial charge in [0, 0.05) is 35.4 Å². The lowest BCUT2D eigenvalue weighted by atomic mass is 9.87. The van der Waals surface area contributed by atoms with Crippen molar-refractivity contribution in [2.45, 2.75) is 96.5 Å². The molecule has 0 radical (unpaired) electrons. The summed E-state index contributed by atoms with van der Waals surface area (Å²) in [6.45, 7) is 7.26. The third-order valence-corrected chi connectivity index (χ3v) is 10.3. The van der Waals surface area contributed by atoms with Gasteiger partial charge in [0.25, 0.3) is 0 Å². The number of alkyl halides is 6. The van der Waals surface area contributed by atoms with Crippen molar-refractivity contribution in [2.24, 2.45) is 4.99 Å². The van der Waals surface area contributed by atoms with Crippen LogP contribution in [0.2, 0.25) is 0 Å². The van der Waals surface area contributed by atoms with Gasteiger partial charge in [-0.2, -0.15) is 26.3 Å². The molecule has 1 fully saturated rings. The van der Waals surface area contributed by atoms with E-state index in [0.717, 1.165) is 16.6 Å². The summed E-state index contributed by atoms with van der Waals surface area (Å²) in [5.74, 6) is 0. The maximum Gasteiger partial charge on any atom is 0.416 e. The molecule has 1 aromatic rings. The van der Waals surface area contributed by atoms with Gasteiger partial charge < -0.3 is 9.64 Å². The van der Waals surface area contributed by atoms with Crippen LogP contribution >= 0.6 is 36.7 Å². The lowest BCUT2D eigenvalue weighted by molar-refractivity contribution is -0.143. The Morgan fingerprint density at radius 2 is 1.62 bits per heavy atom. The molecule has 2 aliphatic rings. The van der Waals surface area contributed by atoms with E-state index in [-0.39, 0.29) is 42.4 Å². The van der Waals surface area contributed by atoms with Crippen LogP contribution in [0.5, 0.6) is 0 Å². The Bertz CT molecular complexity index is 1090. The van der Waals surface area contributed by atoms with Crippen LogP contribution < -0.4 is 0 Å². The van der Waals surface area contributed by atoms with Crippen molar-refractivity contribution >= 4 is 52.7 Å². The molecule has 39 heavy (non-hydrogen) atoms. The van der Waals surface area contributed by atoms with Crippen molar-refractivity contribution in [2.75, 3.05) is 0 Å². The molecule has 3 rings (SSSR count). The van der Waals surface area contributed by atoms with Crippen molar-refractivity contribution < 1.29 is 35.9 Å². The molecule has 5 nitrogen and oxygen atoms in total. The average molecular weight is 738 g/mol. The van der Waals surface area contributed by atoms with Gasteiger partial charge in [-0.15, -0.1) is 0 Å². The van der Waals surface area contributed by atoms with Crippen LogP contribution in [-0.2, 0) is 23.6 Å². The van der Waals surface area contributed by atoms with Crippen molar-refractivity contribution in [3.8, 4) is 0 Å². The second-order valence-electron chi connectivity index (χ2n) is 9.76. The molecule has 0 aliphatic carbocycles. The highest BCUT2D eigenvalue weighted by molar-refractivity contribution is 14.2. The van der Waals surface area contributed by atoms with Crippen LogP contribution in [0.3, 0.4) is 0 Å². The molecule has 2 aliphatic heterocycles. The number of allylic oxidation sites excluding steroid dienone is 1. The second-order valence-corrected chi connectivity index (χ2v) is 12.9. The van der Waals surface area contributed by atoms with E-state index in [4.69, 9.17) is 4.74 Å². The van der Waals surface area contributed by atoms with Gasteiger partial charge in [-0.1, -0.05) is 13.8 Å². The molecule has 1 saturated heterocycles. The minimum absolute atomic E-state index is 0.0970. The third kappa shape index (κ3) is 8.27. The number of nitrogens with zero attached hydrogens (tertiary/aromatic N) is 3.